The summed E-state index contributed by atoms with van der Waals surface area (Å²) in [5, 5.41) is 3.31. The predicted octanol–water partition coefficient (Wildman–Crippen LogP) is 2.53. The lowest BCUT2D eigenvalue weighted by atomic mass is 10.1. The molecule has 0 spiro atoms. The number of thiazole rings is 1. The molecule has 0 atom stereocenters. The van der Waals surface area contributed by atoms with E-state index in [0.717, 1.165) is 30.3 Å². The number of hydrogen-bond donors (Lipinski definition) is 1. The van der Waals surface area contributed by atoms with Gasteiger partial charge in [0.2, 0.25) is 0 Å². The topological polar surface area (TPSA) is 42.2 Å². The number of nitrogens with zero attached hydrogens (tertiary/aromatic N) is 2. The fourth-order valence-electron chi connectivity index (χ4n) is 2.15. The highest BCUT2D eigenvalue weighted by Crippen LogP contribution is 2.31. The van der Waals surface area contributed by atoms with Gasteiger partial charge in [0.1, 0.15) is 0 Å². The van der Waals surface area contributed by atoms with Crippen LogP contribution in [-0.4, -0.2) is 11.5 Å². The van der Waals surface area contributed by atoms with Crippen molar-refractivity contribution in [1.82, 2.24) is 4.98 Å². The fraction of sp³-hybridized carbons (Fsp3) is 0.417. The largest absolute Gasteiger partial charge is 0.343 e. The molecule has 0 bridgehead atoms. The van der Waals surface area contributed by atoms with E-state index in [4.69, 9.17) is 5.73 Å². The van der Waals surface area contributed by atoms with Crippen LogP contribution in [0, 0.1) is 6.92 Å². The SMILES string of the molecule is Cc1nc(N2CCc3sccc3C2)sc1CN. The van der Waals surface area contributed by atoms with Gasteiger partial charge in [-0.15, -0.1) is 22.7 Å². The number of aryl methyl sites for hydroxylation is 1. The van der Waals surface area contributed by atoms with Crippen molar-refractivity contribution in [2.24, 2.45) is 5.73 Å². The van der Waals surface area contributed by atoms with Gasteiger partial charge in [0, 0.05) is 29.4 Å². The number of nitrogens with two attached hydrogens (primary N) is 1. The van der Waals surface area contributed by atoms with E-state index in [1.54, 1.807) is 11.3 Å². The molecule has 0 radical (unpaired) electrons. The van der Waals surface area contributed by atoms with Gasteiger partial charge in [-0.25, -0.2) is 4.98 Å². The molecule has 0 unspecified atom stereocenters. The van der Waals surface area contributed by atoms with Gasteiger partial charge in [0.25, 0.3) is 0 Å². The highest BCUT2D eigenvalue weighted by Gasteiger charge is 2.20. The summed E-state index contributed by atoms with van der Waals surface area (Å²) in [6.45, 7) is 4.71. The summed E-state index contributed by atoms with van der Waals surface area (Å²) in [5.41, 5.74) is 8.26. The van der Waals surface area contributed by atoms with Crippen molar-refractivity contribution in [3.63, 3.8) is 0 Å². The van der Waals surface area contributed by atoms with E-state index in [1.807, 2.05) is 18.3 Å². The Morgan fingerprint density at radius 2 is 2.41 bits per heavy atom. The monoisotopic (exact) mass is 265 g/mol. The van der Waals surface area contributed by atoms with Crippen molar-refractivity contribution in [2.75, 3.05) is 11.4 Å². The smallest absolute Gasteiger partial charge is 0.186 e. The van der Waals surface area contributed by atoms with Crippen molar-refractivity contribution in [1.29, 1.82) is 0 Å². The lowest BCUT2D eigenvalue weighted by Gasteiger charge is -2.26. The molecule has 2 N–H and O–H groups in total. The molecule has 0 aromatic carbocycles. The number of aromatic nitrogens is 1. The molecule has 0 saturated heterocycles. The van der Waals surface area contributed by atoms with E-state index >= 15 is 0 Å². The first kappa shape index (κ1) is 11.2. The Hall–Kier alpha value is -0.910. The minimum Gasteiger partial charge on any atom is -0.343 e. The Bertz CT molecular complexity index is 530. The quantitative estimate of drug-likeness (QED) is 0.907. The number of fused-ring (bicyclic) bond motifs is 1. The Labute approximate surface area is 109 Å². The lowest BCUT2D eigenvalue weighted by Crippen LogP contribution is -2.29. The highest BCUT2D eigenvalue weighted by molar-refractivity contribution is 7.15. The highest BCUT2D eigenvalue weighted by atomic mass is 32.1. The summed E-state index contributed by atoms with van der Waals surface area (Å²) in [6, 6.07) is 2.23. The van der Waals surface area contributed by atoms with Gasteiger partial charge in [-0.05, 0) is 30.4 Å². The van der Waals surface area contributed by atoms with Crippen molar-refractivity contribution < 1.29 is 0 Å². The third-order valence-corrected chi connectivity index (χ3v) is 5.41. The van der Waals surface area contributed by atoms with Gasteiger partial charge in [-0.2, -0.15) is 0 Å². The zero-order chi connectivity index (χ0) is 11.8. The maximum atomic E-state index is 5.71. The molecular formula is C12H15N3S2. The van der Waals surface area contributed by atoms with Crippen LogP contribution in [0.4, 0.5) is 5.13 Å². The standard InChI is InChI=1S/C12H15N3S2/c1-8-11(6-13)17-12(14-8)15-4-2-10-9(7-15)3-5-16-10/h3,5H,2,4,6-7,13H2,1H3. The van der Waals surface area contributed by atoms with E-state index in [-0.39, 0.29) is 0 Å². The number of hydrogen-bond acceptors (Lipinski definition) is 5. The normalized spacial score (nSPS) is 15.1. The lowest BCUT2D eigenvalue weighted by molar-refractivity contribution is 0.739. The van der Waals surface area contributed by atoms with E-state index in [2.05, 4.69) is 21.3 Å². The van der Waals surface area contributed by atoms with Crippen LogP contribution < -0.4 is 10.6 Å². The van der Waals surface area contributed by atoms with Crippen molar-refractivity contribution in [2.45, 2.75) is 26.4 Å². The summed E-state index contributed by atoms with van der Waals surface area (Å²) >= 11 is 3.61. The first-order valence-corrected chi connectivity index (χ1v) is 7.44. The molecule has 2 aromatic heterocycles. The van der Waals surface area contributed by atoms with Crippen LogP contribution >= 0.6 is 22.7 Å². The Kier molecular flexibility index (Phi) is 2.90. The molecule has 0 saturated carbocycles. The summed E-state index contributed by atoms with van der Waals surface area (Å²) in [6.07, 6.45) is 1.14. The third-order valence-electron chi connectivity index (χ3n) is 3.14. The molecule has 1 aliphatic heterocycles. The van der Waals surface area contributed by atoms with E-state index in [9.17, 15) is 0 Å². The zero-order valence-electron chi connectivity index (χ0n) is 9.77. The minimum atomic E-state index is 0.598. The van der Waals surface area contributed by atoms with Crippen LogP contribution in [0.5, 0.6) is 0 Å². The van der Waals surface area contributed by atoms with Gasteiger partial charge in [-0.3, -0.25) is 0 Å². The minimum absolute atomic E-state index is 0.598. The second kappa shape index (κ2) is 4.40. The fourth-order valence-corrected chi connectivity index (χ4v) is 4.00. The number of anilines is 1. The van der Waals surface area contributed by atoms with Crippen molar-refractivity contribution in [3.8, 4) is 0 Å². The molecule has 0 aliphatic carbocycles. The summed E-state index contributed by atoms with van der Waals surface area (Å²) < 4.78 is 0. The average Bonchev–Trinajstić information content (AvgIpc) is 2.93. The molecule has 3 nitrogen and oxygen atoms in total. The number of thiophene rings is 1. The van der Waals surface area contributed by atoms with Crippen LogP contribution in [0.3, 0.4) is 0 Å². The second-order valence-electron chi connectivity index (χ2n) is 4.25. The van der Waals surface area contributed by atoms with Crippen LogP contribution in [0.25, 0.3) is 0 Å². The molecule has 90 valence electrons. The van der Waals surface area contributed by atoms with Gasteiger partial charge in [0.15, 0.2) is 5.13 Å². The predicted molar refractivity (Wildman–Crippen MR) is 73.8 cm³/mol. The van der Waals surface area contributed by atoms with Crippen LogP contribution in [0.2, 0.25) is 0 Å². The summed E-state index contributed by atoms with van der Waals surface area (Å²) in [4.78, 5) is 9.74. The second-order valence-corrected chi connectivity index (χ2v) is 6.31. The molecule has 3 rings (SSSR count). The molecule has 3 heterocycles. The van der Waals surface area contributed by atoms with E-state index in [0.29, 0.717) is 6.54 Å². The molecule has 1 aliphatic rings. The Morgan fingerprint density at radius 1 is 1.53 bits per heavy atom. The van der Waals surface area contributed by atoms with Crippen molar-refractivity contribution >= 4 is 27.8 Å². The van der Waals surface area contributed by atoms with Crippen LogP contribution in [0.15, 0.2) is 11.4 Å². The van der Waals surface area contributed by atoms with Gasteiger partial charge in [-0.1, -0.05) is 0 Å². The molecular weight excluding hydrogens is 250 g/mol. The molecule has 0 fully saturated rings. The first-order chi connectivity index (χ1) is 8.28. The number of rotatable bonds is 2. The van der Waals surface area contributed by atoms with Crippen LogP contribution in [-0.2, 0) is 19.5 Å². The molecule has 5 heteroatoms. The summed E-state index contributed by atoms with van der Waals surface area (Å²) in [7, 11) is 0. The maximum absolute atomic E-state index is 5.71. The average molecular weight is 265 g/mol. The molecule has 0 amide bonds. The maximum Gasteiger partial charge on any atom is 0.186 e. The van der Waals surface area contributed by atoms with E-state index < -0.39 is 0 Å². The van der Waals surface area contributed by atoms with Crippen LogP contribution in [0.1, 0.15) is 21.0 Å². The van der Waals surface area contributed by atoms with Gasteiger partial charge in [0.05, 0.1) is 5.69 Å². The Morgan fingerprint density at radius 3 is 3.18 bits per heavy atom. The molecule has 2 aromatic rings. The van der Waals surface area contributed by atoms with Crippen molar-refractivity contribution in [3.05, 3.63) is 32.5 Å². The zero-order valence-corrected chi connectivity index (χ0v) is 11.4. The first-order valence-electron chi connectivity index (χ1n) is 5.74. The Balaban J connectivity index is 1.86. The third kappa shape index (κ3) is 1.99. The van der Waals surface area contributed by atoms with Gasteiger partial charge >= 0.3 is 0 Å². The van der Waals surface area contributed by atoms with Gasteiger partial charge < -0.3 is 10.6 Å². The van der Waals surface area contributed by atoms with E-state index in [1.165, 1.54) is 15.3 Å². The summed E-state index contributed by atoms with van der Waals surface area (Å²) in [5.74, 6) is 0. The molecule has 17 heavy (non-hydrogen) atoms.